The number of hydrogen-bond donors (Lipinski definition) is 0. The zero-order valence-corrected chi connectivity index (χ0v) is 33.4. The van der Waals surface area contributed by atoms with Crippen LogP contribution in [0, 0.1) is 0 Å². The average Bonchev–Trinajstić information content (AvgIpc) is 3.86. The number of thiophene rings is 1. The third kappa shape index (κ3) is 5.33. The molecule has 2 nitrogen and oxygen atoms in total. The van der Waals surface area contributed by atoms with Gasteiger partial charge in [-0.1, -0.05) is 200 Å². The Balaban J connectivity index is 1.04. The van der Waals surface area contributed by atoms with Crippen molar-refractivity contribution in [3.8, 4) is 56.2 Å². The zero-order valence-electron chi connectivity index (χ0n) is 32.6. The SMILES string of the molecule is c1ccc(C2(c3ccccc3)c3ccccc3-c3cc(-c4cc(-c5ccc(-c6cccc7c6sc6ccccc67)cc5)nc(-c5cccc6ccccc56)n4)ccc32)cc1. The van der Waals surface area contributed by atoms with E-state index in [9.17, 15) is 0 Å². The van der Waals surface area contributed by atoms with Crippen molar-refractivity contribution < 1.29 is 0 Å². The highest BCUT2D eigenvalue weighted by molar-refractivity contribution is 7.26. The molecule has 0 spiro atoms. The van der Waals surface area contributed by atoms with E-state index in [2.05, 4.69) is 218 Å². The lowest BCUT2D eigenvalue weighted by molar-refractivity contribution is 0.768. The van der Waals surface area contributed by atoms with E-state index in [0.717, 1.165) is 38.9 Å². The van der Waals surface area contributed by atoms with Crippen LogP contribution in [0.2, 0.25) is 0 Å². The van der Waals surface area contributed by atoms with E-state index in [1.165, 1.54) is 64.7 Å². The standard InChI is InChI=1S/C57H36N2S/c1-3-17-41(18-4-1)57(42-19-5-2-6-20-42)50-27-11-9-22-45(50)49-35-40(33-34-51(49)57)53-36-52(58-56(59-53)48-26-13-16-37-15-7-8-21-43(37)48)39-31-29-38(30-32-39)44-24-14-25-47-46-23-10-12-28-54(46)60-55(44)47/h1-36H. The topological polar surface area (TPSA) is 25.8 Å². The molecule has 0 saturated heterocycles. The first-order chi connectivity index (χ1) is 29.7. The molecular formula is C57H36N2S. The first-order valence-corrected chi connectivity index (χ1v) is 21.3. The molecule has 0 aliphatic heterocycles. The van der Waals surface area contributed by atoms with E-state index in [4.69, 9.17) is 9.97 Å². The van der Waals surface area contributed by atoms with Gasteiger partial charge in [0.1, 0.15) is 0 Å². The van der Waals surface area contributed by atoms with Crippen LogP contribution in [0.5, 0.6) is 0 Å². The molecule has 2 aromatic heterocycles. The van der Waals surface area contributed by atoms with Crippen molar-refractivity contribution in [2.45, 2.75) is 5.41 Å². The van der Waals surface area contributed by atoms with Gasteiger partial charge >= 0.3 is 0 Å². The Labute approximate surface area is 352 Å². The Kier molecular flexibility index (Phi) is 7.97. The summed E-state index contributed by atoms with van der Waals surface area (Å²) in [6, 6.07) is 79.2. The van der Waals surface area contributed by atoms with Crippen LogP contribution in [0.25, 0.3) is 87.1 Å². The molecule has 0 amide bonds. The van der Waals surface area contributed by atoms with Gasteiger partial charge in [0.15, 0.2) is 5.82 Å². The average molecular weight is 781 g/mol. The van der Waals surface area contributed by atoms with Crippen molar-refractivity contribution in [3.05, 3.63) is 241 Å². The smallest absolute Gasteiger partial charge is 0.161 e. The molecule has 9 aromatic carbocycles. The van der Waals surface area contributed by atoms with Crippen molar-refractivity contribution in [1.29, 1.82) is 0 Å². The summed E-state index contributed by atoms with van der Waals surface area (Å²) < 4.78 is 2.63. The minimum Gasteiger partial charge on any atom is -0.228 e. The van der Waals surface area contributed by atoms with Gasteiger partial charge in [-0.25, -0.2) is 9.97 Å². The van der Waals surface area contributed by atoms with E-state index in [-0.39, 0.29) is 0 Å². The van der Waals surface area contributed by atoms with Crippen LogP contribution >= 0.6 is 11.3 Å². The quantitative estimate of drug-likeness (QED) is 0.168. The van der Waals surface area contributed by atoms with Gasteiger partial charge in [-0.15, -0.1) is 11.3 Å². The second-order valence-electron chi connectivity index (χ2n) is 15.6. The fourth-order valence-corrected chi connectivity index (χ4v) is 10.9. The Morgan fingerprint density at radius 2 is 0.900 bits per heavy atom. The normalized spacial score (nSPS) is 12.8. The van der Waals surface area contributed by atoms with Crippen molar-refractivity contribution in [3.63, 3.8) is 0 Å². The van der Waals surface area contributed by atoms with Crippen LogP contribution in [0.4, 0.5) is 0 Å². The van der Waals surface area contributed by atoms with Crippen molar-refractivity contribution in [1.82, 2.24) is 9.97 Å². The van der Waals surface area contributed by atoms with Crippen LogP contribution in [0.1, 0.15) is 22.3 Å². The van der Waals surface area contributed by atoms with Crippen LogP contribution < -0.4 is 0 Å². The predicted octanol–water partition coefficient (Wildman–Crippen LogP) is 15.0. The maximum Gasteiger partial charge on any atom is 0.161 e. The summed E-state index contributed by atoms with van der Waals surface area (Å²) in [5.74, 6) is 0.710. The molecule has 1 aliphatic carbocycles. The number of aromatic nitrogens is 2. The highest BCUT2D eigenvalue weighted by Crippen LogP contribution is 2.56. The lowest BCUT2D eigenvalue weighted by Gasteiger charge is -2.33. The monoisotopic (exact) mass is 780 g/mol. The molecule has 3 heteroatoms. The molecule has 0 N–H and O–H groups in total. The van der Waals surface area contributed by atoms with E-state index in [1.54, 1.807) is 0 Å². The van der Waals surface area contributed by atoms with E-state index >= 15 is 0 Å². The van der Waals surface area contributed by atoms with Crippen LogP contribution in [-0.4, -0.2) is 9.97 Å². The van der Waals surface area contributed by atoms with Crippen molar-refractivity contribution in [2.75, 3.05) is 0 Å². The number of hydrogen-bond acceptors (Lipinski definition) is 3. The predicted molar refractivity (Wildman–Crippen MR) is 251 cm³/mol. The summed E-state index contributed by atoms with van der Waals surface area (Å²) in [7, 11) is 0. The Morgan fingerprint density at radius 3 is 1.70 bits per heavy atom. The summed E-state index contributed by atoms with van der Waals surface area (Å²) in [5, 5.41) is 4.91. The third-order valence-electron chi connectivity index (χ3n) is 12.4. The number of fused-ring (bicyclic) bond motifs is 7. The highest BCUT2D eigenvalue weighted by Gasteiger charge is 2.46. The molecule has 0 fully saturated rings. The molecular weight excluding hydrogens is 745 g/mol. The first-order valence-electron chi connectivity index (χ1n) is 20.5. The summed E-state index contributed by atoms with van der Waals surface area (Å²) in [6.07, 6.45) is 0. The van der Waals surface area contributed by atoms with Gasteiger partial charge in [-0.2, -0.15) is 0 Å². The maximum atomic E-state index is 5.39. The largest absolute Gasteiger partial charge is 0.228 e. The van der Waals surface area contributed by atoms with Gasteiger partial charge in [-0.05, 0) is 73.5 Å². The molecule has 0 radical (unpaired) electrons. The molecule has 60 heavy (non-hydrogen) atoms. The lowest BCUT2D eigenvalue weighted by atomic mass is 9.67. The Hall–Kier alpha value is -7.46. The number of nitrogens with zero attached hydrogens (tertiary/aromatic N) is 2. The summed E-state index contributed by atoms with van der Waals surface area (Å²) in [5.41, 5.74) is 14.4. The number of rotatable bonds is 6. The fourth-order valence-electron chi connectivity index (χ4n) is 9.69. The fraction of sp³-hybridized carbons (Fsp3) is 0.0175. The Morgan fingerprint density at radius 1 is 0.350 bits per heavy atom. The van der Waals surface area contributed by atoms with Crippen LogP contribution in [0.15, 0.2) is 218 Å². The van der Waals surface area contributed by atoms with Gasteiger partial charge in [0.05, 0.1) is 16.8 Å². The van der Waals surface area contributed by atoms with E-state index < -0.39 is 5.41 Å². The molecule has 12 rings (SSSR count). The van der Waals surface area contributed by atoms with Gasteiger partial charge in [0.2, 0.25) is 0 Å². The molecule has 0 unspecified atom stereocenters. The summed E-state index contributed by atoms with van der Waals surface area (Å²) in [4.78, 5) is 10.7. The van der Waals surface area contributed by atoms with Gasteiger partial charge < -0.3 is 0 Å². The van der Waals surface area contributed by atoms with Gasteiger partial charge in [0.25, 0.3) is 0 Å². The van der Waals surface area contributed by atoms with E-state index in [0.29, 0.717) is 5.82 Å². The van der Waals surface area contributed by atoms with Gasteiger partial charge in [0, 0.05) is 36.9 Å². The van der Waals surface area contributed by atoms with Crippen molar-refractivity contribution >= 4 is 42.3 Å². The highest BCUT2D eigenvalue weighted by atomic mass is 32.1. The second kappa shape index (κ2) is 13.8. The van der Waals surface area contributed by atoms with E-state index in [1.807, 2.05) is 11.3 Å². The molecule has 0 atom stereocenters. The van der Waals surface area contributed by atoms with Gasteiger partial charge in [-0.3, -0.25) is 0 Å². The molecule has 0 saturated carbocycles. The van der Waals surface area contributed by atoms with Crippen LogP contribution in [0.3, 0.4) is 0 Å². The maximum absolute atomic E-state index is 5.39. The third-order valence-corrected chi connectivity index (χ3v) is 13.6. The Bertz CT molecular complexity index is 3380. The summed E-state index contributed by atoms with van der Waals surface area (Å²) >= 11 is 1.86. The summed E-state index contributed by atoms with van der Waals surface area (Å²) in [6.45, 7) is 0. The number of benzene rings is 9. The zero-order chi connectivity index (χ0) is 39.6. The second-order valence-corrected chi connectivity index (χ2v) is 16.7. The molecule has 0 bridgehead atoms. The minimum atomic E-state index is -0.458. The van der Waals surface area contributed by atoms with Crippen molar-refractivity contribution in [2.24, 2.45) is 0 Å². The molecule has 280 valence electrons. The molecule has 1 aliphatic rings. The van der Waals surface area contributed by atoms with Crippen LogP contribution in [-0.2, 0) is 5.41 Å². The minimum absolute atomic E-state index is 0.458. The first kappa shape index (κ1) is 34.6. The molecule has 11 aromatic rings. The molecule has 2 heterocycles. The lowest BCUT2D eigenvalue weighted by Crippen LogP contribution is -2.28.